The first-order valence-corrected chi connectivity index (χ1v) is 12.0. The van der Waals surface area contributed by atoms with Gasteiger partial charge in [0.2, 0.25) is 11.8 Å². The molecule has 0 saturated carbocycles. The number of benzene rings is 1. The zero-order valence-corrected chi connectivity index (χ0v) is 19.8. The quantitative estimate of drug-likeness (QED) is 0.449. The third-order valence-corrected chi connectivity index (χ3v) is 6.03. The summed E-state index contributed by atoms with van der Waals surface area (Å²) in [5, 5.41) is 3.06. The minimum atomic E-state index is 0.127. The largest absolute Gasteiger partial charge is 0.356 e. The number of hydrogen-bond donors (Lipinski definition) is 1. The van der Waals surface area contributed by atoms with Gasteiger partial charge in [-0.25, -0.2) is 4.98 Å². The molecule has 1 N–H and O–H groups in total. The first kappa shape index (κ1) is 24.9. The zero-order valence-electron chi connectivity index (χ0n) is 19.8. The Morgan fingerprint density at radius 1 is 1.06 bits per heavy atom. The van der Waals surface area contributed by atoms with Crippen LogP contribution >= 0.6 is 0 Å². The number of carbonyl (C=O) groups is 2. The number of amides is 2. The molecule has 2 aromatic rings. The standard InChI is InChI=1S/C25H40N4O2/c1-5-8-18-28(4)24(30)19-29-22-15-12-11-14-21(22)27-23(29)16-10-9-13-17-26-25(31)20(6-2)7-3/h11-12,14-15,20H,5-10,13,16-19H2,1-4H3,(H,26,31). The second kappa shape index (κ2) is 13.1. The zero-order chi connectivity index (χ0) is 22.6. The monoisotopic (exact) mass is 428 g/mol. The molecular weight excluding hydrogens is 388 g/mol. The molecular formula is C25H40N4O2. The van der Waals surface area contributed by atoms with E-state index in [2.05, 4.69) is 30.7 Å². The molecule has 6 nitrogen and oxygen atoms in total. The van der Waals surface area contributed by atoms with E-state index in [1.165, 1.54) is 0 Å². The molecule has 0 radical (unpaired) electrons. The fraction of sp³-hybridized carbons (Fsp3) is 0.640. The second-order valence-electron chi connectivity index (χ2n) is 8.39. The van der Waals surface area contributed by atoms with Gasteiger partial charge in [0.15, 0.2) is 0 Å². The summed E-state index contributed by atoms with van der Waals surface area (Å²) < 4.78 is 2.08. The number of fused-ring (bicyclic) bond motifs is 1. The number of carbonyl (C=O) groups excluding carboxylic acids is 2. The molecule has 1 aromatic carbocycles. The molecule has 172 valence electrons. The molecule has 1 heterocycles. The lowest BCUT2D eigenvalue weighted by Crippen LogP contribution is -2.31. The van der Waals surface area contributed by atoms with Gasteiger partial charge < -0.3 is 14.8 Å². The molecule has 31 heavy (non-hydrogen) atoms. The van der Waals surface area contributed by atoms with E-state index in [0.717, 1.165) is 81.3 Å². The third-order valence-electron chi connectivity index (χ3n) is 6.03. The number of likely N-dealkylation sites (N-methyl/N-ethyl adjacent to an activating group) is 1. The van der Waals surface area contributed by atoms with Crippen molar-refractivity contribution in [1.82, 2.24) is 19.8 Å². The van der Waals surface area contributed by atoms with Crippen molar-refractivity contribution >= 4 is 22.8 Å². The molecule has 0 aliphatic carbocycles. The van der Waals surface area contributed by atoms with Crippen LogP contribution in [0.4, 0.5) is 0 Å². The molecule has 0 aliphatic rings. The fourth-order valence-corrected chi connectivity index (χ4v) is 3.87. The van der Waals surface area contributed by atoms with Gasteiger partial charge in [0, 0.05) is 32.5 Å². The number of unbranched alkanes of at least 4 members (excludes halogenated alkanes) is 3. The summed E-state index contributed by atoms with van der Waals surface area (Å²) >= 11 is 0. The van der Waals surface area contributed by atoms with Crippen molar-refractivity contribution in [2.45, 2.75) is 78.7 Å². The van der Waals surface area contributed by atoms with Gasteiger partial charge in [0.05, 0.1) is 11.0 Å². The maximum atomic E-state index is 12.7. The Hall–Kier alpha value is -2.37. The number of hydrogen-bond acceptors (Lipinski definition) is 3. The highest BCUT2D eigenvalue weighted by Crippen LogP contribution is 2.18. The van der Waals surface area contributed by atoms with Gasteiger partial charge in [-0.1, -0.05) is 45.7 Å². The Kier molecular flexibility index (Phi) is 10.5. The molecule has 0 aliphatic heterocycles. The minimum absolute atomic E-state index is 0.127. The lowest BCUT2D eigenvalue weighted by Gasteiger charge is -2.18. The maximum absolute atomic E-state index is 12.7. The lowest BCUT2D eigenvalue weighted by molar-refractivity contribution is -0.130. The molecule has 0 atom stereocenters. The number of aromatic nitrogens is 2. The number of aryl methyl sites for hydroxylation is 1. The van der Waals surface area contributed by atoms with Gasteiger partial charge in [0.25, 0.3) is 0 Å². The number of nitrogens with zero attached hydrogens (tertiary/aromatic N) is 3. The van der Waals surface area contributed by atoms with Crippen molar-refractivity contribution in [3.63, 3.8) is 0 Å². The highest BCUT2D eigenvalue weighted by atomic mass is 16.2. The molecule has 6 heteroatoms. The van der Waals surface area contributed by atoms with Crippen LogP contribution in [0.5, 0.6) is 0 Å². The SMILES string of the molecule is CCCCN(C)C(=O)Cn1c(CCCCCNC(=O)C(CC)CC)nc2ccccc21. The molecule has 0 bridgehead atoms. The molecule has 2 rings (SSSR count). The van der Waals surface area contributed by atoms with Gasteiger partial charge in [-0.15, -0.1) is 0 Å². The van der Waals surface area contributed by atoms with E-state index in [1.807, 2.05) is 36.2 Å². The van der Waals surface area contributed by atoms with Gasteiger partial charge in [-0.3, -0.25) is 9.59 Å². The second-order valence-corrected chi connectivity index (χ2v) is 8.39. The predicted molar refractivity (Wildman–Crippen MR) is 127 cm³/mol. The summed E-state index contributed by atoms with van der Waals surface area (Å²) in [5.41, 5.74) is 1.96. The van der Waals surface area contributed by atoms with Crippen molar-refractivity contribution in [2.75, 3.05) is 20.1 Å². The average Bonchev–Trinajstić information content (AvgIpc) is 3.12. The Balaban J connectivity index is 1.91. The van der Waals surface area contributed by atoms with Crippen molar-refractivity contribution in [1.29, 1.82) is 0 Å². The number of rotatable bonds is 14. The van der Waals surface area contributed by atoms with E-state index in [1.54, 1.807) is 0 Å². The first-order chi connectivity index (χ1) is 15.0. The lowest BCUT2D eigenvalue weighted by atomic mass is 10.0. The van der Waals surface area contributed by atoms with Gasteiger partial charge >= 0.3 is 0 Å². The summed E-state index contributed by atoms with van der Waals surface area (Å²) in [6.45, 7) is 8.11. The van der Waals surface area contributed by atoms with Crippen molar-refractivity contribution in [3.8, 4) is 0 Å². The minimum Gasteiger partial charge on any atom is -0.356 e. The van der Waals surface area contributed by atoms with Crippen molar-refractivity contribution < 1.29 is 9.59 Å². The normalized spacial score (nSPS) is 11.3. The summed E-state index contributed by atoms with van der Waals surface area (Å²) in [6, 6.07) is 8.03. The summed E-state index contributed by atoms with van der Waals surface area (Å²) in [6.07, 6.45) is 7.70. The van der Waals surface area contributed by atoms with Crippen LogP contribution in [0.15, 0.2) is 24.3 Å². The van der Waals surface area contributed by atoms with Crippen molar-refractivity contribution in [3.05, 3.63) is 30.1 Å². The van der Waals surface area contributed by atoms with Gasteiger partial charge in [0.1, 0.15) is 12.4 Å². The summed E-state index contributed by atoms with van der Waals surface area (Å²) in [4.78, 5) is 31.4. The number of para-hydroxylation sites is 2. The Labute approximate surface area is 187 Å². The Morgan fingerprint density at radius 2 is 1.81 bits per heavy atom. The van der Waals surface area contributed by atoms with Gasteiger partial charge in [-0.05, 0) is 44.2 Å². The topological polar surface area (TPSA) is 67.2 Å². The fourth-order valence-electron chi connectivity index (χ4n) is 3.87. The van der Waals surface area contributed by atoms with Crippen LogP contribution in [0.2, 0.25) is 0 Å². The van der Waals surface area contributed by atoms with Crippen molar-refractivity contribution in [2.24, 2.45) is 5.92 Å². The number of nitrogens with one attached hydrogen (secondary N) is 1. The Bertz CT molecular complexity index is 826. The molecule has 0 fully saturated rings. The third kappa shape index (κ3) is 7.37. The van der Waals surface area contributed by atoms with E-state index in [-0.39, 0.29) is 17.7 Å². The Morgan fingerprint density at radius 3 is 2.52 bits per heavy atom. The summed E-state index contributed by atoms with van der Waals surface area (Å²) in [7, 11) is 1.88. The molecule has 2 amide bonds. The number of imidazole rings is 1. The van der Waals surface area contributed by atoms with E-state index in [9.17, 15) is 9.59 Å². The van der Waals surface area contributed by atoms with Crippen LogP contribution in [0.3, 0.4) is 0 Å². The van der Waals surface area contributed by atoms with Crippen LogP contribution in [-0.2, 0) is 22.6 Å². The molecule has 0 unspecified atom stereocenters. The van der Waals surface area contributed by atoms with Crippen LogP contribution < -0.4 is 5.32 Å². The average molecular weight is 429 g/mol. The maximum Gasteiger partial charge on any atom is 0.242 e. The van der Waals surface area contributed by atoms with Crippen LogP contribution in [0.25, 0.3) is 11.0 Å². The molecule has 0 spiro atoms. The first-order valence-electron chi connectivity index (χ1n) is 12.0. The van der Waals surface area contributed by atoms with Crippen LogP contribution in [-0.4, -0.2) is 46.4 Å². The van der Waals surface area contributed by atoms with Crippen LogP contribution in [0, 0.1) is 5.92 Å². The highest BCUT2D eigenvalue weighted by molar-refractivity contribution is 5.81. The predicted octanol–water partition coefficient (Wildman–Crippen LogP) is 4.56. The van der Waals surface area contributed by atoms with E-state index < -0.39 is 0 Å². The van der Waals surface area contributed by atoms with Crippen LogP contribution in [0.1, 0.15) is 71.5 Å². The van der Waals surface area contributed by atoms with E-state index in [0.29, 0.717) is 6.54 Å². The smallest absolute Gasteiger partial charge is 0.242 e. The highest BCUT2D eigenvalue weighted by Gasteiger charge is 2.16. The molecule has 0 saturated heterocycles. The summed E-state index contributed by atoms with van der Waals surface area (Å²) in [5.74, 6) is 1.41. The van der Waals surface area contributed by atoms with Gasteiger partial charge in [-0.2, -0.15) is 0 Å². The molecule has 1 aromatic heterocycles. The van der Waals surface area contributed by atoms with E-state index in [4.69, 9.17) is 4.98 Å². The van der Waals surface area contributed by atoms with E-state index >= 15 is 0 Å².